The minimum absolute atomic E-state index is 0.185. The molecule has 31 heavy (non-hydrogen) atoms. The number of halogens is 3. The Labute approximate surface area is 183 Å². The van der Waals surface area contributed by atoms with Crippen LogP contribution in [0.15, 0.2) is 24.3 Å². The molecule has 3 rings (SSSR count). The first-order chi connectivity index (χ1) is 14.5. The number of carbonyl (C=O) groups is 1. The summed E-state index contributed by atoms with van der Waals surface area (Å²) in [5, 5.41) is 0. The molecule has 1 aromatic rings. The molecule has 2 aliphatic heterocycles. The molecule has 1 atom stereocenters. The van der Waals surface area contributed by atoms with E-state index >= 15 is 0 Å². The molecule has 1 aromatic carbocycles. The number of likely N-dealkylation sites (tertiary alicyclic amines) is 1. The van der Waals surface area contributed by atoms with E-state index in [1.165, 1.54) is 12.1 Å². The van der Waals surface area contributed by atoms with Gasteiger partial charge in [0.25, 0.3) is 0 Å². The molecule has 0 N–H and O–H groups in total. The number of piperidine rings is 1. The first-order valence-electron chi connectivity index (χ1n) is 11.2. The van der Waals surface area contributed by atoms with Gasteiger partial charge >= 0.3 is 12.3 Å². The number of nitrogens with zero attached hydrogens (tertiary/aromatic N) is 3. The molecule has 1 unspecified atom stereocenters. The summed E-state index contributed by atoms with van der Waals surface area (Å²) in [5.74, 6) is 0. The summed E-state index contributed by atoms with van der Waals surface area (Å²) < 4.78 is 44.6. The van der Waals surface area contributed by atoms with Gasteiger partial charge in [0.05, 0.1) is 5.56 Å². The van der Waals surface area contributed by atoms with Gasteiger partial charge in [-0.15, -0.1) is 0 Å². The molecule has 2 heterocycles. The third-order valence-corrected chi connectivity index (χ3v) is 5.94. The summed E-state index contributed by atoms with van der Waals surface area (Å²) >= 11 is 0. The van der Waals surface area contributed by atoms with Gasteiger partial charge in [0.1, 0.15) is 5.60 Å². The summed E-state index contributed by atoms with van der Waals surface area (Å²) in [7, 11) is 0. The molecule has 0 aromatic heterocycles. The van der Waals surface area contributed by atoms with Crippen LogP contribution >= 0.6 is 0 Å². The van der Waals surface area contributed by atoms with Crippen LogP contribution in [0.25, 0.3) is 0 Å². The minimum atomic E-state index is -4.32. The first-order valence-corrected chi connectivity index (χ1v) is 11.2. The molecule has 2 saturated heterocycles. The first kappa shape index (κ1) is 23.7. The van der Waals surface area contributed by atoms with Crippen molar-refractivity contribution in [2.45, 2.75) is 64.3 Å². The second-order valence-corrected chi connectivity index (χ2v) is 9.49. The van der Waals surface area contributed by atoms with Gasteiger partial charge in [-0.25, -0.2) is 4.79 Å². The maximum absolute atomic E-state index is 13.0. The number of ether oxygens (including phenoxy) is 1. The maximum atomic E-state index is 13.0. The highest BCUT2D eigenvalue weighted by Gasteiger charge is 2.32. The molecule has 2 fully saturated rings. The largest absolute Gasteiger partial charge is 0.444 e. The van der Waals surface area contributed by atoms with Crippen LogP contribution < -0.4 is 4.90 Å². The normalized spacial score (nSPS) is 21.3. The number of rotatable bonds is 4. The Hall–Kier alpha value is -1.96. The van der Waals surface area contributed by atoms with Crippen LogP contribution in [-0.2, 0) is 10.9 Å². The van der Waals surface area contributed by atoms with Crippen LogP contribution in [0.3, 0.4) is 0 Å². The zero-order chi connectivity index (χ0) is 22.6. The average molecular weight is 442 g/mol. The zero-order valence-corrected chi connectivity index (χ0v) is 18.7. The van der Waals surface area contributed by atoms with E-state index in [1.54, 1.807) is 6.07 Å². The second kappa shape index (κ2) is 9.67. The van der Waals surface area contributed by atoms with E-state index in [-0.39, 0.29) is 12.1 Å². The van der Waals surface area contributed by atoms with Crippen molar-refractivity contribution in [1.29, 1.82) is 0 Å². The molecule has 0 bridgehead atoms. The molecular formula is C23H34F3N3O2. The van der Waals surface area contributed by atoms with Crippen molar-refractivity contribution in [2.75, 3.05) is 44.2 Å². The van der Waals surface area contributed by atoms with Gasteiger partial charge in [-0.3, -0.25) is 4.90 Å². The Morgan fingerprint density at radius 1 is 1.06 bits per heavy atom. The lowest BCUT2D eigenvalue weighted by Gasteiger charge is -2.39. The number of alkyl halides is 3. The van der Waals surface area contributed by atoms with E-state index in [0.29, 0.717) is 18.8 Å². The van der Waals surface area contributed by atoms with Crippen molar-refractivity contribution in [1.82, 2.24) is 9.80 Å². The Balaban J connectivity index is 1.50. The molecule has 0 saturated carbocycles. The van der Waals surface area contributed by atoms with Crippen molar-refractivity contribution in [3.63, 3.8) is 0 Å². The van der Waals surface area contributed by atoms with Gasteiger partial charge in [0.2, 0.25) is 0 Å². The lowest BCUT2D eigenvalue weighted by atomic mass is 9.99. The van der Waals surface area contributed by atoms with Gasteiger partial charge in [-0.1, -0.05) is 6.07 Å². The predicted octanol–water partition coefficient (Wildman–Crippen LogP) is 5.01. The quantitative estimate of drug-likeness (QED) is 0.658. The predicted molar refractivity (Wildman–Crippen MR) is 115 cm³/mol. The third kappa shape index (κ3) is 6.76. The standard InChI is InChI=1S/C23H34F3N3O2/c1-22(2,3)31-21(30)29-11-5-4-8-19(29)10-12-27-13-15-28(16-14-27)20-9-6-7-18(17-20)23(24,25)26/h6-7,9,17,19H,4-5,8,10-16H2,1-3H3. The summed E-state index contributed by atoms with van der Waals surface area (Å²) in [6.45, 7) is 10.3. The van der Waals surface area contributed by atoms with E-state index in [1.807, 2.05) is 30.6 Å². The number of piperazine rings is 1. The highest BCUT2D eigenvalue weighted by Crippen LogP contribution is 2.32. The lowest BCUT2D eigenvalue weighted by Crippen LogP contribution is -2.50. The molecule has 8 heteroatoms. The van der Waals surface area contributed by atoms with Gasteiger partial charge in [-0.05, 0) is 64.7 Å². The topological polar surface area (TPSA) is 36.0 Å². The van der Waals surface area contributed by atoms with Gasteiger partial charge in [-0.2, -0.15) is 13.2 Å². The molecule has 5 nitrogen and oxygen atoms in total. The van der Waals surface area contributed by atoms with Crippen LogP contribution in [0.4, 0.5) is 23.7 Å². The fourth-order valence-corrected chi connectivity index (χ4v) is 4.30. The maximum Gasteiger partial charge on any atom is 0.416 e. The number of anilines is 1. The molecule has 0 aliphatic carbocycles. The summed E-state index contributed by atoms with van der Waals surface area (Å²) in [6.07, 6.45) is -0.547. The number of benzene rings is 1. The fourth-order valence-electron chi connectivity index (χ4n) is 4.30. The lowest BCUT2D eigenvalue weighted by molar-refractivity contribution is -0.137. The summed E-state index contributed by atoms with van der Waals surface area (Å²) in [5.41, 5.74) is -0.483. The molecule has 2 aliphatic rings. The second-order valence-electron chi connectivity index (χ2n) is 9.49. The van der Waals surface area contributed by atoms with Crippen molar-refractivity contribution in [3.05, 3.63) is 29.8 Å². The fraction of sp³-hybridized carbons (Fsp3) is 0.696. The third-order valence-electron chi connectivity index (χ3n) is 5.94. The Morgan fingerprint density at radius 3 is 2.42 bits per heavy atom. The van der Waals surface area contributed by atoms with E-state index in [9.17, 15) is 18.0 Å². The average Bonchev–Trinajstić information content (AvgIpc) is 2.71. The van der Waals surface area contributed by atoms with Crippen LogP contribution in [0.1, 0.15) is 52.0 Å². The Bertz CT molecular complexity index is 740. The van der Waals surface area contributed by atoms with Crippen LogP contribution in [0, 0.1) is 0 Å². The van der Waals surface area contributed by atoms with E-state index in [0.717, 1.165) is 57.9 Å². The molecule has 0 radical (unpaired) electrons. The van der Waals surface area contributed by atoms with Gasteiger partial charge in [0, 0.05) is 51.0 Å². The SMILES string of the molecule is CC(C)(C)OC(=O)N1CCCCC1CCN1CCN(c2cccc(C(F)(F)F)c2)CC1. The smallest absolute Gasteiger partial charge is 0.416 e. The highest BCUT2D eigenvalue weighted by molar-refractivity contribution is 5.68. The Morgan fingerprint density at radius 2 is 1.77 bits per heavy atom. The van der Waals surface area contributed by atoms with Crippen molar-refractivity contribution < 1.29 is 22.7 Å². The van der Waals surface area contributed by atoms with Crippen molar-refractivity contribution in [2.24, 2.45) is 0 Å². The molecule has 1 amide bonds. The van der Waals surface area contributed by atoms with E-state index in [2.05, 4.69) is 4.90 Å². The minimum Gasteiger partial charge on any atom is -0.444 e. The highest BCUT2D eigenvalue weighted by atomic mass is 19.4. The van der Waals surface area contributed by atoms with Gasteiger partial charge < -0.3 is 14.5 Å². The number of carbonyl (C=O) groups excluding carboxylic acids is 1. The molecule has 0 spiro atoms. The van der Waals surface area contributed by atoms with E-state index < -0.39 is 17.3 Å². The van der Waals surface area contributed by atoms with Gasteiger partial charge in [0.15, 0.2) is 0 Å². The van der Waals surface area contributed by atoms with E-state index in [4.69, 9.17) is 4.74 Å². The summed E-state index contributed by atoms with van der Waals surface area (Å²) in [4.78, 5) is 18.8. The van der Waals surface area contributed by atoms with Crippen molar-refractivity contribution >= 4 is 11.8 Å². The van der Waals surface area contributed by atoms with Crippen LogP contribution in [0.2, 0.25) is 0 Å². The van der Waals surface area contributed by atoms with Crippen molar-refractivity contribution in [3.8, 4) is 0 Å². The number of hydrogen-bond acceptors (Lipinski definition) is 4. The zero-order valence-electron chi connectivity index (χ0n) is 18.7. The van der Waals surface area contributed by atoms with Crippen LogP contribution in [-0.4, -0.2) is 66.8 Å². The summed E-state index contributed by atoms with van der Waals surface area (Å²) in [6, 6.07) is 5.74. The molecular weight excluding hydrogens is 407 g/mol. The monoisotopic (exact) mass is 441 g/mol. The number of hydrogen-bond donors (Lipinski definition) is 0. The van der Waals surface area contributed by atoms with Crippen LogP contribution in [0.5, 0.6) is 0 Å². The molecule has 174 valence electrons. The number of amides is 1. The Kier molecular flexibility index (Phi) is 7.39.